The lowest BCUT2D eigenvalue weighted by atomic mass is 10.0. The molecule has 1 fully saturated rings. The first-order valence-electron chi connectivity index (χ1n) is 8.10. The predicted octanol–water partition coefficient (Wildman–Crippen LogP) is 4.18. The second kappa shape index (κ2) is 8.81. The Labute approximate surface area is 148 Å². The summed E-state index contributed by atoms with van der Waals surface area (Å²) >= 11 is 0. The molecule has 1 saturated heterocycles. The molecule has 2 N–H and O–H groups in total. The number of anilines is 1. The van der Waals surface area contributed by atoms with Crippen molar-refractivity contribution < 1.29 is 9.18 Å². The summed E-state index contributed by atoms with van der Waals surface area (Å²) in [7, 11) is 0. The van der Waals surface area contributed by atoms with Gasteiger partial charge in [-0.25, -0.2) is 4.39 Å². The van der Waals surface area contributed by atoms with Gasteiger partial charge in [0.15, 0.2) is 0 Å². The van der Waals surface area contributed by atoms with Crippen LogP contribution in [0.5, 0.6) is 0 Å². The number of hydrogen-bond donors (Lipinski definition) is 2. The van der Waals surface area contributed by atoms with Crippen molar-refractivity contribution in [1.82, 2.24) is 5.32 Å². The van der Waals surface area contributed by atoms with Crippen LogP contribution < -0.4 is 10.6 Å². The van der Waals surface area contributed by atoms with Crippen LogP contribution in [-0.4, -0.2) is 18.5 Å². The largest absolute Gasteiger partial charge is 0.322 e. The average molecular weight is 349 g/mol. The minimum atomic E-state index is -0.345. The van der Waals surface area contributed by atoms with Crippen molar-refractivity contribution in [2.75, 3.05) is 11.9 Å². The van der Waals surface area contributed by atoms with Gasteiger partial charge in [0.25, 0.3) is 5.91 Å². The Morgan fingerprint density at radius 2 is 1.83 bits per heavy atom. The van der Waals surface area contributed by atoms with Gasteiger partial charge in [0.2, 0.25) is 0 Å². The Hall–Kier alpha value is -1.91. The summed E-state index contributed by atoms with van der Waals surface area (Å²) in [5.41, 5.74) is 2.48. The fraction of sp³-hybridized carbons (Fsp3) is 0.316. The first-order chi connectivity index (χ1) is 11.2. The van der Waals surface area contributed by atoms with Gasteiger partial charge in [-0.05, 0) is 74.2 Å². The van der Waals surface area contributed by atoms with Crippen LogP contribution in [0.25, 0.3) is 0 Å². The van der Waals surface area contributed by atoms with Gasteiger partial charge in [-0.15, -0.1) is 12.4 Å². The summed E-state index contributed by atoms with van der Waals surface area (Å²) < 4.78 is 12.9. The summed E-state index contributed by atoms with van der Waals surface area (Å²) in [6, 6.07) is 14.1. The number of aryl methyl sites for hydroxylation is 1. The highest BCUT2D eigenvalue weighted by molar-refractivity contribution is 6.04. The summed E-state index contributed by atoms with van der Waals surface area (Å²) in [5.74, 6) is -0.574. The highest BCUT2D eigenvalue weighted by Gasteiger charge is 2.13. The second-order valence-corrected chi connectivity index (χ2v) is 5.99. The van der Waals surface area contributed by atoms with Crippen LogP contribution in [0.3, 0.4) is 0 Å². The number of nitrogens with one attached hydrogen (secondary N) is 2. The summed E-state index contributed by atoms with van der Waals surface area (Å²) in [6.07, 6.45) is 4.75. The van der Waals surface area contributed by atoms with Crippen LogP contribution in [-0.2, 0) is 6.42 Å². The Morgan fingerprint density at radius 1 is 1.12 bits per heavy atom. The summed E-state index contributed by atoms with van der Waals surface area (Å²) in [6.45, 7) is 1.14. The van der Waals surface area contributed by atoms with E-state index in [0.29, 0.717) is 11.6 Å². The number of carbonyl (C=O) groups excluding carboxylic acids is 1. The van der Waals surface area contributed by atoms with Gasteiger partial charge in [0, 0.05) is 17.3 Å². The van der Waals surface area contributed by atoms with Gasteiger partial charge >= 0.3 is 0 Å². The SMILES string of the molecule is Cl.O=C(Nc1ccc(CCC2CCCN2)cc1)c1ccc(F)cc1. The third-order valence-corrected chi connectivity index (χ3v) is 4.26. The van der Waals surface area contributed by atoms with E-state index in [0.717, 1.165) is 25.1 Å². The zero-order chi connectivity index (χ0) is 16.1. The molecular formula is C19H22ClFN2O. The van der Waals surface area contributed by atoms with E-state index >= 15 is 0 Å². The van der Waals surface area contributed by atoms with Crippen LogP contribution in [0.15, 0.2) is 48.5 Å². The van der Waals surface area contributed by atoms with Crippen molar-refractivity contribution in [3.8, 4) is 0 Å². The number of halogens is 2. The first-order valence-corrected chi connectivity index (χ1v) is 8.10. The van der Waals surface area contributed by atoms with Crippen LogP contribution in [0.1, 0.15) is 35.2 Å². The van der Waals surface area contributed by atoms with E-state index in [2.05, 4.69) is 22.8 Å². The van der Waals surface area contributed by atoms with Gasteiger partial charge in [-0.3, -0.25) is 4.79 Å². The highest BCUT2D eigenvalue weighted by atomic mass is 35.5. The molecule has 2 aromatic carbocycles. The molecule has 0 saturated carbocycles. The Bertz CT molecular complexity index is 652. The Balaban J connectivity index is 0.00000208. The molecule has 128 valence electrons. The maximum atomic E-state index is 12.9. The van der Waals surface area contributed by atoms with Gasteiger partial charge in [-0.1, -0.05) is 12.1 Å². The fourth-order valence-electron chi connectivity index (χ4n) is 2.90. The van der Waals surface area contributed by atoms with Crippen molar-refractivity contribution in [2.24, 2.45) is 0 Å². The predicted molar refractivity (Wildman–Crippen MR) is 97.4 cm³/mol. The zero-order valence-electron chi connectivity index (χ0n) is 13.4. The van der Waals surface area contributed by atoms with Crippen LogP contribution >= 0.6 is 12.4 Å². The number of hydrogen-bond acceptors (Lipinski definition) is 2. The number of carbonyl (C=O) groups is 1. The van der Waals surface area contributed by atoms with Gasteiger partial charge < -0.3 is 10.6 Å². The molecule has 0 aliphatic carbocycles. The molecule has 0 spiro atoms. The smallest absolute Gasteiger partial charge is 0.255 e. The van der Waals surface area contributed by atoms with Gasteiger partial charge in [-0.2, -0.15) is 0 Å². The minimum absolute atomic E-state index is 0. The molecule has 0 radical (unpaired) electrons. The molecule has 2 aromatic rings. The lowest BCUT2D eigenvalue weighted by Gasteiger charge is -2.10. The lowest BCUT2D eigenvalue weighted by Crippen LogP contribution is -2.21. The monoisotopic (exact) mass is 348 g/mol. The Kier molecular flexibility index (Phi) is 6.76. The molecular weight excluding hydrogens is 327 g/mol. The quantitative estimate of drug-likeness (QED) is 0.850. The van der Waals surface area contributed by atoms with E-state index in [1.807, 2.05) is 12.1 Å². The molecule has 0 bridgehead atoms. The molecule has 3 rings (SSSR count). The van der Waals surface area contributed by atoms with Gasteiger partial charge in [0.1, 0.15) is 5.82 Å². The minimum Gasteiger partial charge on any atom is -0.322 e. The van der Waals surface area contributed by atoms with Crippen molar-refractivity contribution in [2.45, 2.75) is 31.7 Å². The summed E-state index contributed by atoms with van der Waals surface area (Å²) in [5, 5.41) is 6.33. The molecule has 1 aliphatic heterocycles. The van der Waals surface area contributed by atoms with E-state index in [1.54, 1.807) is 0 Å². The highest BCUT2D eigenvalue weighted by Crippen LogP contribution is 2.16. The van der Waals surface area contributed by atoms with Crippen LogP contribution in [0.2, 0.25) is 0 Å². The standard InChI is InChI=1S/C19H21FN2O.ClH/c20-16-8-6-15(7-9-16)19(23)22-18-11-4-14(5-12-18)3-10-17-2-1-13-21-17;/h4-9,11-12,17,21H,1-3,10,13H2,(H,22,23);1H. The van der Waals surface area contributed by atoms with E-state index in [-0.39, 0.29) is 24.1 Å². The average Bonchev–Trinajstić information content (AvgIpc) is 3.08. The molecule has 5 heteroatoms. The van der Waals surface area contributed by atoms with Gasteiger partial charge in [0.05, 0.1) is 0 Å². The third kappa shape index (κ3) is 5.05. The normalized spacial score (nSPS) is 16.5. The van der Waals surface area contributed by atoms with E-state index in [9.17, 15) is 9.18 Å². The Morgan fingerprint density at radius 3 is 2.46 bits per heavy atom. The topological polar surface area (TPSA) is 41.1 Å². The maximum Gasteiger partial charge on any atom is 0.255 e. The van der Waals surface area contributed by atoms with Crippen molar-refractivity contribution >= 4 is 24.0 Å². The van der Waals surface area contributed by atoms with Crippen molar-refractivity contribution in [3.63, 3.8) is 0 Å². The van der Waals surface area contributed by atoms with E-state index in [1.165, 1.54) is 42.7 Å². The van der Waals surface area contributed by atoms with Crippen molar-refractivity contribution in [1.29, 1.82) is 0 Å². The number of amides is 1. The molecule has 0 aromatic heterocycles. The molecule has 1 atom stereocenters. The number of rotatable bonds is 5. The lowest BCUT2D eigenvalue weighted by molar-refractivity contribution is 0.102. The van der Waals surface area contributed by atoms with Crippen LogP contribution in [0.4, 0.5) is 10.1 Å². The first kappa shape index (κ1) is 18.4. The molecule has 1 aliphatic rings. The van der Waals surface area contributed by atoms with Crippen molar-refractivity contribution in [3.05, 3.63) is 65.5 Å². The summed E-state index contributed by atoms with van der Waals surface area (Å²) in [4.78, 5) is 12.1. The van der Waals surface area contributed by atoms with E-state index < -0.39 is 0 Å². The van der Waals surface area contributed by atoms with E-state index in [4.69, 9.17) is 0 Å². The third-order valence-electron chi connectivity index (χ3n) is 4.26. The molecule has 1 amide bonds. The molecule has 1 unspecified atom stereocenters. The molecule has 1 heterocycles. The molecule has 3 nitrogen and oxygen atoms in total. The van der Waals surface area contributed by atoms with Crippen LogP contribution in [0, 0.1) is 5.82 Å². The second-order valence-electron chi connectivity index (χ2n) is 5.99. The molecule has 24 heavy (non-hydrogen) atoms. The number of benzene rings is 2. The fourth-order valence-corrected chi connectivity index (χ4v) is 2.90. The maximum absolute atomic E-state index is 12.9. The zero-order valence-corrected chi connectivity index (χ0v) is 14.2.